The van der Waals surface area contributed by atoms with E-state index in [9.17, 15) is 9.59 Å². The average Bonchev–Trinajstić information content (AvgIpc) is 3.48. The van der Waals surface area contributed by atoms with Crippen molar-refractivity contribution in [1.82, 2.24) is 19.8 Å². The largest absolute Gasteiger partial charge is 0.461 e. The third kappa shape index (κ3) is 4.57. The fraction of sp³-hybridized carbons (Fsp3) is 0.440. The van der Waals surface area contributed by atoms with Gasteiger partial charge in [-0.25, -0.2) is 4.79 Å². The molecule has 1 aliphatic carbocycles. The van der Waals surface area contributed by atoms with E-state index in [-0.39, 0.29) is 11.9 Å². The van der Waals surface area contributed by atoms with E-state index in [1.54, 1.807) is 36.9 Å². The van der Waals surface area contributed by atoms with Gasteiger partial charge in [-0.3, -0.25) is 9.48 Å². The van der Waals surface area contributed by atoms with Crippen molar-refractivity contribution >= 4 is 35.1 Å². The van der Waals surface area contributed by atoms with E-state index in [0.717, 1.165) is 31.4 Å². The van der Waals surface area contributed by atoms with Gasteiger partial charge in [-0.2, -0.15) is 5.10 Å². The van der Waals surface area contributed by atoms with E-state index in [1.165, 1.54) is 0 Å². The number of likely N-dealkylation sites (tertiary alicyclic amines) is 1. The van der Waals surface area contributed by atoms with Gasteiger partial charge in [0.1, 0.15) is 17.0 Å². The van der Waals surface area contributed by atoms with Crippen molar-refractivity contribution in [3.63, 3.8) is 0 Å². The summed E-state index contributed by atoms with van der Waals surface area (Å²) in [6.07, 6.45) is 3.65. The number of aromatic nitrogens is 3. The third-order valence-corrected chi connectivity index (χ3v) is 7.25. The maximum Gasteiger partial charge on any atom is 0.358 e. The molecule has 1 amide bonds. The molecule has 1 saturated carbocycles. The Morgan fingerprint density at radius 3 is 2.46 bits per heavy atom. The molecule has 1 aliphatic heterocycles. The Labute approximate surface area is 213 Å². The van der Waals surface area contributed by atoms with Crippen LogP contribution >= 0.6 is 23.2 Å². The lowest BCUT2D eigenvalue weighted by Gasteiger charge is -2.33. The van der Waals surface area contributed by atoms with Crippen molar-refractivity contribution in [2.45, 2.75) is 51.5 Å². The molecule has 0 radical (unpaired) electrons. The lowest BCUT2D eigenvalue weighted by molar-refractivity contribution is 0.0517. The van der Waals surface area contributed by atoms with Crippen LogP contribution in [0, 0.1) is 6.92 Å². The van der Waals surface area contributed by atoms with Gasteiger partial charge in [0, 0.05) is 30.3 Å². The zero-order chi connectivity index (χ0) is 24.7. The van der Waals surface area contributed by atoms with Crippen molar-refractivity contribution in [2.24, 2.45) is 0 Å². The molecule has 8 nitrogen and oxygen atoms in total. The minimum atomic E-state index is -0.394. The Morgan fingerprint density at radius 2 is 1.83 bits per heavy atom. The van der Waals surface area contributed by atoms with Crippen LogP contribution in [0.3, 0.4) is 0 Å². The van der Waals surface area contributed by atoms with Crippen LogP contribution < -0.4 is 0 Å². The second kappa shape index (κ2) is 9.66. The normalized spacial score (nSPS) is 16.5. The van der Waals surface area contributed by atoms with Crippen molar-refractivity contribution in [3.8, 4) is 11.3 Å². The Hall–Kier alpha value is -2.84. The van der Waals surface area contributed by atoms with E-state index >= 15 is 0 Å². The highest BCUT2D eigenvalue weighted by Gasteiger charge is 2.35. The third-order valence-electron chi connectivity index (χ3n) is 6.62. The number of hydrogen-bond donors (Lipinski definition) is 0. The number of aryl methyl sites for hydroxylation is 1. The van der Waals surface area contributed by atoms with Gasteiger partial charge in [-0.15, -0.1) is 0 Å². The lowest BCUT2D eigenvalue weighted by Crippen LogP contribution is -2.39. The molecule has 3 heterocycles. The predicted molar refractivity (Wildman–Crippen MR) is 131 cm³/mol. The predicted octanol–water partition coefficient (Wildman–Crippen LogP) is 5.68. The molecule has 0 unspecified atom stereocenters. The topological polar surface area (TPSA) is 90.5 Å². The monoisotopic (exact) mass is 516 g/mol. The maximum atomic E-state index is 13.5. The molecule has 184 valence electrons. The van der Waals surface area contributed by atoms with Gasteiger partial charge in [0.2, 0.25) is 0 Å². The molecule has 5 rings (SSSR count). The molecule has 2 fully saturated rings. The highest BCUT2D eigenvalue weighted by Crippen LogP contribution is 2.42. The van der Waals surface area contributed by atoms with Crippen LogP contribution in [-0.4, -0.2) is 51.4 Å². The first kappa shape index (κ1) is 23.9. The zero-order valence-corrected chi connectivity index (χ0v) is 21.1. The van der Waals surface area contributed by atoms with Crippen LogP contribution in [0.1, 0.15) is 76.9 Å². The first-order valence-electron chi connectivity index (χ1n) is 11.9. The van der Waals surface area contributed by atoms with Crippen LogP contribution in [-0.2, 0) is 4.74 Å². The van der Waals surface area contributed by atoms with Gasteiger partial charge >= 0.3 is 5.97 Å². The standard InChI is InChI=1S/C25H26Cl2N4O4/c1-3-34-25(33)19-13-20(15-7-8-15)31(28-19)16-9-11-30(12-10-16)24(32)21-14(2)35-29-23(21)22-17(26)5-4-6-18(22)27/h4-6,13,15-16H,3,7-12H2,1-2H3. The quantitative estimate of drug-likeness (QED) is 0.391. The second-order valence-electron chi connectivity index (χ2n) is 8.98. The fourth-order valence-corrected chi connectivity index (χ4v) is 5.26. The minimum absolute atomic E-state index is 0.110. The van der Waals surface area contributed by atoms with Crippen molar-refractivity contribution in [1.29, 1.82) is 0 Å². The maximum absolute atomic E-state index is 13.5. The zero-order valence-electron chi connectivity index (χ0n) is 19.6. The summed E-state index contributed by atoms with van der Waals surface area (Å²) in [4.78, 5) is 27.6. The number of rotatable bonds is 6. The number of ether oxygens (including phenoxy) is 1. The number of halogens is 2. The Balaban J connectivity index is 1.35. The van der Waals surface area contributed by atoms with Crippen LogP contribution in [0.4, 0.5) is 0 Å². The molecular weight excluding hydrogens is 491 g/mol. The average molecular weight is 517 g/mol. The summed E-state index contributed by atoms with van der Waals surface area (Å²) in [5.74, 6) is 0.302. The Morgan fingerprint density at radius 1 is 1.14 bits per heavy atom. The van der Waals surface area contributed by atoms with Crippen molar-refractivity contribution in [3.05, 3.63) is 57.0 Å². The molecule has 0 spiro atoms. The van der Waals surface area contributed by atoms with Crippen molar-refractivity contribution < 1.29 is 18.8 Å². The van der Waals surface area contributed by atoms with E-state index in [2.05, 4.69) is 10.3 Å². The summed E-state index contributed by atoms with van der Waals surface area (Å²) < 4.78 is 12.5. The molecule has 2 aromatic heterocycles. The number of carbonyl (C=O) groups excluding carboxylic acids is 2. The van der Waals surface area contributed by atoms with Crippen LogP contribution in [0.5, 0.6) is 0 Å². The Bertz CT molecular complexity index is 1250. The number of piperidine rings is 1. The number of carbonyl (C=O) groups is 2. The SMILES string of the molecule is CCOC(=O)c1cc(C2CC2)n(C2CCN(C(=O)c3c(-c4c(Cl)cccc4Cl)noc3C)CC2)n1. The molecule has 2 aliphatic rings. The van der Waals surface area contributed by atoms with Gasteiger partial charge in [0.15, 0.2) is 5.69 Å². The fourth-order valence-electron chi connectivity index (χ4n) is 4.68. The summed E-state index contributed by atoms with van der Waals surface area (Å²) >= 11 is 12.8. The molecule has 1 aromatic carbocycles. The van der Waals surface area contributed by atoms with E-state index in [1.807, 2.05) is 10.7 Å². The van der Waals surface area contributed by atoms with Gasteiger partial charge in [-0.1, -0.05) is 34.4 Å². The van der Waals surface area contributed by atoms with Gasteiger partial charge in [0.05, 0.1) is 22.7 Å². The Kier molecular flexibility index (Phi) is 6.59. The molecule has 35 heavy (non-hydrogen) atoms. The molecule has 0 bridgehead atoms. The molecule has 0 atom stereocenters. The summed E-state index contributed by atoms with van der Waals surface area (Å²) in [6, 6.07) is 7.13. The highest BCUT2D eigenvalue weighted by molar-refractivity contribution is 6.39. The van der Waals surface area contributed by atoms with E-state index in [0.29, 0.717) is 63.9 Å². The summed E-state index contributed by atoms with van der Waals surface area (Å²) in [5, 5.41) is 9.52. The molecule has 10 heteroatoms. The summed E-state index contributed by atoms with van der Waals surface area (Å²) in [5.41, 5.74) is 2.66. The van der Waals surface area contributed by atoms with Gasteiger partial charge in [-0.05, 0) is 57.7 Å². The number of nitrogens with zero attached hydrogens (tertiary/aromatic N) is 4. The molecule has 0 N–H and O–H groups in total. The number of amides is 1. The number of hydrogen-bond acceptors (Lipinski definition) is 6. The van der Waals surface area contributed by atoms with Crippen LogP contribution in [0.15, 0.2) is 28.8 Å². The first-order chi connectivity index (χ1) is 16.9. The smallest absolute Gasteiger partial charge is 0.358 e. The van der Waals surface area contributed by atoms with Crippen molar-refractivity contribution in [2.75, 3.05) is 19.7 Å². The van der Waals surface area contributed by atoms with Gasteiger partial charge in [0.25, 0.3) is 5.91 Å². The summed E-state index contributed by atoms with van der Waals surface area (Å²) in [6.45, 7) is 4.90. The second-order valence-corrected chi connectivity index (χ2v) is 9.79. The highest BCUT2D eigenvalue weighted by atomic mass is 35.5. The lowest BCUT2D eigenvalue weighted by atomic mass is 10.0. The molecule has 1 saturated heterocycles. The van der Waals surface area contributed by atoms with Crippen LogP contribution in [0.2, 0.25) is 10.0 Å². The van der Waals surface area contributed by atoms with Gasteiger partial charge < -0.3 is 14.2 Å². The van der Waals surface area contributed by atoms with E-state index < -0.39 is 5.97 Å². The molecule has 3 aromatic rings. The van der Waals surface area contributed by atoms with Crippen LogP contribution in [0.25, 0.3) is 11.3 Å². The summed E-state index contributed by atoms with van der Waals surface area (Å²) in [7, 11) is 0. The minimum Gasteiger partial charge on any atom is -0.461 e. The first-order valence-corrected chi connectivity index (χ1v) is 12.6. The number of esters is 1. The number of benzene rings is 1. The van der Waals surface area contributed by atoms with E-state index in [4.69, 9.17) is 32.5 Å². The molecular formula is C25H26Cl2N4O4.